The highest BCUT2D eigenvalue weighted by molar-refractivity contribution is 5.91. The van der Waals surface area contributed by atoms with Crippen molar-refractivity contribution in [3.8, 4) is 11.5 Å². The molecule has 2 rings (SSSR count). The van der Waals surface area contributed by atoms with Crippen LogP contribution in [0.3, 0.4) is 0 Å². The summed E-state index contributed by atoms with van der Waals surface area (Å²) < 4.78 is 44.0. The Kier molecular flexibility index (Phi) is 3.41. The molecule has 0 heterocycles. The molecule has 0 aliphatic rings. The van der Waals surface area contributed by atoms with E-state index in [9.17, 15) is 18.0 Å². The zero-order valence-electron chi connectivity index (χ0n) is 9.36. The van der Waals surface area contributed by atoms with Gasteiger partial charge in [0.25, 0.3) is 0 Å². The van der Waals surface area contributed by atoms with E-state index in [2.05, 4.69) is 0 Å². The van der Waals surface area contributed by atoms with Crippen molar-refractivity contribution in [3.05, 3.63) is 59.4 Å². The van der Waals surface area contributed by atoms with E-state index in [0.717, 1.165) is 30.3 Å². The number of halogens is 3. The Morgan fingerprint density at radius 3 is 2.11 bits per heavy atom. The molecule has 3 nitrogen and oxygen atoms in total. The van der Waals surface area contributed by atoms with Crippen LogP contribution in [-0.2, 0) is 0 Å². The van der Waals surface area contributed by atoms with Crippen LogP contribution in [0.2, 0.25) is 0 Å². The van der Waals surface area contributed by atoms with E-state index in [4.69, 9.17) is 9.84 Å². The fraction of sp³-hybridized carbons (Fsp3) is 0. The number of hydrogen-bond acceptors (Lipinski definition) is 2. The second-order valence-electron chi connectivity index (χ2n) is 3.62. The summed E-state index contributed by atoms with van der Waals surface area (Å²) >= 11 is 0. The molecular weight excluding hydrogens is 261 g/mol. The van der Waals surface area contributed by atoms with Crippen LogP contribution in [0.25, 0.3) is 0 Å². The van der Waals surface area contributed by atoms with Gasteiger partial charge in [-0.3, -0.25) is 0 Å². The summed E-state index contributed by atoms with van der Waals surface area (Å²) in [5, 5.41) is 8.88. The molecule has 2 aromatic rings. The van der Waals surface area contributed by atoms with Gasteiger partial charge >= 0.3 is 5.97 Å². The van der Waals surface area contributed by atoms with Crippen LogP contribution in [0, 0.1) is 17.5 Å². The maximum atomic E-state index is 13.4. The largest absolute Gasteiger partial charge is 0.478 e. The SMILES string of the molecule is O=C(O)c1cc(F)ccc1Oc1ccc(F)cc1F. The molecule has 2 aromatic carbocycles. The first-order chi connectivity index (χ1) is 8.97. The average Bonchev–Trinajstić information content (AvgIpc) is 2.34. The lowest BCUT2D eigenvalue weighted by atomic mass is 10.2. The molecule has 0 saturated carbocycles. The number of rotatable bonds is 3. The lowest BCUT2D eigenvalue weighted by molar-refractivity contribution is 0.0693. The Morgan fingerprint density at radius 2 is 1.53 bits per heavy atom. The second kappa shape index (κ2) is 5.01. The van der Waals surface area contributed by atoms with E-state index >= 15 is 0 Å². The number of aromatic carboxylic acids is 1. The van der Waals surface area contributed by atoms with Crippen molar-refractivity contribution >= 4 is 5.97 Å². The third kappa shape index (κ3) is 2.85. The lowest BCUT2D eigenvalue weighted by Crippen LogP contribution is -2.01. The summed E-state index contributed by atoms with van der Waals surface area (Å²) in [5.41, 5.74) is -0.455. The molecule has 19 heavy (non-hydrogen) atoms. The van der Waals surface area contributed by atoms with Gasteiger partial charge in [-0.2, -0.15) is 0 Å². The van der Waals surface area contributed by atoms with Crippen LogP contribution in [0.1, 0.15) is 10.4 Å². The highest BCUT2D eigenvalue weighted by atomic mass is 19.1. The Bertz CT molecular complexity index is 641. The van der Waals surface area contributed by atoms with E-state index in [-0.39, 0.29) is 11.5 Å². The van der Waals surface area contributed by atoms with Crippen LogP contribution >= 0.6 is 0 Å². The van der Waals surface area contributed by atoms with Gasteiger partial charge in [-0.15, -0.1) is 0 Å². The molecule has 0 spiro atoms. The standard InChI is InChI=1S/C13H7F3O3/c14-7-1-3-11(9(5-7)13(17)18)19-12-4-2-8(15)6-10(12)16/h1-6H,(H,17,18). The molecule has 0 radical (unpaired) electrons. The van der Waals surface area contributed by atoms with Gasteiger partial charge < -0.3 is 9.84 Å². The molecule has 0 fully saturated rings. The maximum Gasteiger partial charge on any atom is 0.339 e. The number of carboxylic acids is 1. The summed E-state index contributed by atoms with van der Waals surface area (Å²) in [4.78, 5) is 10.9. The predicted molar refractivity (Wildman–Crippen MR) is 59.8 cm³/mol. The number of carboxylic acid groups (broad SMARTS) is 1. The van der Waals surface area contributed by atoms with E-state index in [1.54, 1.807) is 0 Å². The minimum absolute atomic E-state index is 0.237. The number of carbonyl (C=O) groups is 1. The predicted octanol–water partition coefficient (Wildman–Crippen LogP) is 3.59. The molecule has 0 saturated heterocycles. The first kappa shape index (κ1) is 12.9. The van der Waals surface area contributed by atoms with Crippen LogP contribution in [0.15, 0.2) is 36.4 Å². The first-order valence-corrected chi connectivity index (χ1v) is 5.13. The highest BCUT2D eigenvalue weighted by Gasteiger charge is 2.15. The van der Waals surface area contributed by atoms with Crippen molar-refractivity contribution in [3.63, 3.8) is 0 Å². The van der Waals surface area contributed by atoms with Gasteiger partial charge in [-0.05, 0) is 30.3 Å². The fourth-order valence-electron chi connectivity index (χ4n) is 1.43. The van der Waals surface area contributed by atoms with E-state index in [1.165, 1.54) is 0 Å². The van der Waals surface area contributed by atoms with Crippen molar-refractivity contribution in [2.45, 2.75) is 0 Å². The van der Waals surface area contributed by atoms with Crippen molar-refractivity contribution in [1.82, 2.24) is 0 Å². The quantitative estimate of drug-likeness (QED) is 0.925. The molecule has 0 aromatic heterocycles. The monoisotopic (exact) mass is 268 g/mol. The molecular formula is C13H7F3O3. The Balaban J connectivity index is 2.40. The van der Waals surface area contributed by atoms with E-state index < -0.39 is 29.0 Å². The molecule has 6 heteroatoms. The minimum Gasteiger partial charge on any atom is -0.478 e. The smallest absolute Gasteiger partial charge is 0.339 e. The second-order valence-corrected chi connectivity index (χ2v) is 3.62. The summed E-state index contributed by atoms with van der Waals surface area (Å²) in [7, 11) is 0. The molecule has 0 aliphatic heterocycles. The minimum atomic E-state index is -1.42. The van der Waals surface area contributed by atoms with Gasteiger partial charge in [-0.1, -0.05) is 0 Å². The van der Waals surface area contributed by atoms with Gasteiger partial charge in [0, 0.05) is 6.07 Å². The maximum absolute atomic E-state index is 13.4. The Morgan fingerprint density at radius 1 is 0.947 bits per heavy atom. The molecule has 98 valence electrons. The molecule has 0 unspecified atom stereocenters. The van der Waals surface area contributed by atoms with Crippen molar-refractivity contribution in [2.75, 3.05) is 0 Å². The van der Waals surface area contributed by atoms with Crippen molar-refractivity contribution < 1.29 is 27.8 Å². The van der Waals surface area contributed by atoms with Crippen molar-refractivity contribution in [1.29, 1.82) is 0 Å². The third-order valence-electron chi connectivity index (χ3n) is 2.29. The van der Waals surface area contributed by atoms with Gasteiger partial charge in [0.15, 0.2) is 11.6 Å². The van der Waals surface area contributed by atoms with Gasteiger partial charge in [0.1, 0.15) is 22.9 Å². The fourth-order valence-corrected chi connectivity index (χ4v) is 1.43. The summed E-state index contributed by atoms with van der Waals surface area (Å²) in [5.74, 6) is -4.54. The van der Waals surface area contributed by atoms with Crippen LogP contribution in [0.5, 0.6) is 11.5 Å². The van der Waals surface area contributed by atoms with Gasteiger partial charge in [0.2, 0.25) is 0 Å². The van der Waals surface area contributed by atoms with Gasteiger partial charge in [-0.25, -0.2) is 18.0 Å². The Hall–Kier alpha value is -2.50. The third-order valence-corrected chi connectivity index (χ3v) is 2.29. The van der Waals surface area contributed by atoms with Crippen LogP contribution in [-0.4, -0.2) is 11.1 Å². The molecule has 0 bridgehead atoms. The topological polar surface area (TPSA) is 46.5 Å². The van der Waals surface area contributed by atoms with E-state index in [1.807, 2.05) is 0 Å². The normalized spacial score (nSPS) is 10.3. The Labute approximate surface area is 105 Å². The molecule has 0 atom stereocenters. The highest BCUT2D eigenvalue weighted by Crippen LogP contribution is 2.28. The summed E-state index contributed by atoms with van der Waals surface area (Å²) in [6.07, 6.45) is 0. The summed E-state index contributed by atoms with van der Waals surface area (Å²) in [6.45, 7) is 0. The number of ether oxygens (including phenoxy) is 1. The van der Waals surface area contributed by atoms with Crippen LogP contribution in [0.4, 0.5) is 13.2 Å². The van der Waals surface area contributed by atoms with Crippen LogP contribution < -0.4 is 4.74 Å². The number of benzene rings is 2. The van der Waals surface area contributed by atoms with Crippen molar-refractivity contribution in [2.24, 2.45) is 0 Å². The first-order valence-electron chi connectivity index (χ1n) is 5.13. The zero-order chi connectivity index (χ0) is 14.0. The van der Waals surface area contributed by atoms with E-state index in [0.29, 0.717) is 6.07 Å². The van der Waals surface area contributed by atoms with Gasteiger partial charge in [0.05, 0.1) is 0 Å². The summed E-state index contributed by atoms with van der Waals surface area (Å²) in [6, 6.07) is 5.35. The lowest BCUT2D eigenvalue weighted by Gasteiger charge is -2.09. The average molecular weight is 268 g/mol. The molecule has 0 amide bonds. The molecule has 0 aliphatic carbocycles. The number of hydrogen-bond donors (Lipinski definition) is 1. The molecule has 1 N–H and O–H groups in total. The zero-order valence-corrected chi connectivity index (χ0v) is 9.36.